The number of carbonyl (C=O) groups excluding carboxylic acids is 2. The van der Waals surface area contributed by atoms with Gasteiger partial charge in [-0.3, -0.25) is 9.78 Å². The third kappa shape index (κ3) is 4.99. The van der Waals surface area contributed by atoms with Gasteiger partial charge in [0.2, 0.25) is 0 Å². The molecule has 0 bridgehead atoms. The van der Waals surface area contributed by atoms with Gasteiger partial charge in [-0.1, -0.05) is 26.2 Å². The van der Waals surface area contributed by atoms with Crippen LogP contribution in [0.2, 0.25) is 0 Å². The average molecular weight is 278 g/mol. The van der Waals surface area contributed by atoms with Crippen LogP contribution in [0.25, 0.3) is 0 Å². The first-order chi connectivity index (χ1) is 9.58. The number of rotatable bonds is 7. The van der Waals surface area contributed by atoms with Crippen LogP contribution in [0.15, 0.2) is 18.3 Å². The molecule has 0 aromatic carbocycles. The van der Waals surface area contributed by atoms with E-state index in [1.807, 2.05) is 6.92 Å². The zero-order valence-electron chi connectivity index (χ0n) is 12.3. The van der Waals surface area contributed by atoms with Crippen LogP contribution in [0, 0.1) is 0 Å². The lowest BCUT2D eigenvalue weighted by molar-refractivity contribution is 0.0599. The van der Waals surface area contributed by atoms with Gasteiger partial charge in [0.25, 0.3) is 5.91 Å². The number of pyridine rings is 1. The molecule has 5 nitrogen and oxygen atoms in total. The summed E-state index contributed by atoms with van der Waals surface area (Å²) in [5.74, 6) is -0.678. The lowest BCUT2D eigenvalue weighted by atomic mass is 10.1. The summed E-state index contributed by atoms with van der Waals surface area (Å²) in [4.78, 5) is 27.2. The minimum atomic E-state index is -0.461. The maximum Gasteiger partial charge on any atom is 0.339 e. The van der Waals surface area contributed by atoms with E-state index in [1.54, 1.807) is 0 Å². The predicted molar refractivity (Wildman–Crippen MR) is 76.6 cm³/mol. The molecule has 0 saturated heterocycles. The molecule has 0 aliphatic carbocycles. The van der Waals surface area contributed by atoms with Crippen LogP contribution in [-0.4, -0.2) is 30.0 Å². The van der Waals surface area contributed by atoms with Crippen LogP contribution in [0.5, 0.6) is 0 Å². The van der Waals surface area contributed by atoms with Gasteiger partial charge in [0.05, 0.1) is 12.7 Å². The van der Waals surface area contributed by atoms with E-state index in [0.29, 0.717) is 11.3 Å². The fourth-order valence-electron chi connectivity index (χ4n) is 1.84. The van der Waals surface area contributed by atoms with E-state index in [0.717, 1.165) is 19.3 Å². The maximum atomic E-state index is 11.9. The lowest BCUT2D eigenvalue weighted by Gasteiger charge is -2.13. The van der Waals surface area contributed by atoms with E-state index in [1.165, 1.54) is 31.9 Å². The maximum absolute atomic E-state index is 11.9. The monoisotopic (exact) mass is 278 g/mol. The number of ether oxygens (including phenoxy) is 1. The number of unbranched alkanes of at least 4 members (excludes halogenated alkanes) is 2. The molecule has 1 atom stereocenters. The Morgan fingerprint density at radius 3 is 2.65 bits per heavy atom. The van der Waals surface area contributed by atoms with E-state index in [2.05, 4.69) is 22.0 Å². The molecule has 0 saturated carbocycles. The highest BCUT2D eigenvalue weighted by molar-refractivity contribution is 5.94. The second-order valence-corrected chi connectivity index (χ2v) is 4.79. The molecule has 20 heavy (non-hydrogen) atoms. The minimum Gasteiger partial charge on any atom is -0.465 e. The molecule has 1 aromatic heterocycles. The van der Waals surface area contributed by atoms with E-state index < -0.39 is 5.97 Å². The van der Waals surface area contributed by atoms with Crippen molar-refractivity contribution in [3.8, 4) is 0 Å². The summed E-state index contributed by atoms with van der Waals surface area (Å²) in [6.07, 6.45) is 5.75. The molecule has 1 amide bonds. The molecule has 1 rings (SSSR count). The second-order valence-electron chi connectivity index (χ2n) is 4.79. The Balaban J connectivity index is 2.53. The largest absolute Gasteiger partial charge is 0.465 e. The van der Waals surface area contributed by atoms with Crippen LogP contribution in [0.1, 0.15) is 60.4 Å². The molecule has 0 radical (unpaired) electrons. The van der Waals surface area contributed by atoms with Gasteiger partial charge in [0.1, 0.15) is 5.69 Å². The quantitative estimate of drug-likeness (QED) is 0.615. The lowest BCUT2D eigenvalue weighted by Crippen LogP contribution is -2.33. The standard InChI is InChI=1S/C15H22N2O3/c1-4-5-6-7-11(2)17-14(18)13-9-8-12(10-16-13)15(19)20-3/h8-11H,4-7H2,1-3H3,(H,17,18)/t11-/m0/s1. The number of nitrogens with one attached hydrogen (secondary N) is 1. The minimum absolute atomic E-state index is 0.121. The number of nitrogens with zero attached hydrogens (tertiary/aromatic N) is 1. The summed E-state index contributed by atoms with van der Waals surface area (Å²) in [6.45, 7) is 4.13. The number of aromatic nitrogens is 1. The zero-order chi connectivity index (χ0) is 15.0. The Morgan fingerprint density at radius 1 is 1.35 bits per heavy atom. The van der Waals surface area contributed by atoms with Crippen LogP contribution in [-0.2, 0) is 4.74 Å². The highest BCUT2D eigenvalue weighted by Crippen LogP contribution is 2.05. The molecule has 0 fully saturated rings. The Bertz CT molecular complexity index is 443. The molecular formula is C15H22N2O3. The normalized spacial score (nSPS) is 11.8. The van der Waals surface area contributed by atoms with Crippen molar-refractivity contribution in [2.45, 2.75) is 45.6 Å². The number of esters is 1. The van der Waals surface area contributed by atoms with Gasteiger partial charge in [-0.2, -0.15) is 0 Å². The van der Waals surface area contributed by atoms with Gasteiger partial charge in [-0.05, 0) is 25.5 Å². The van der Waals surface area contributed by atoms with Crippen LogP contribution in [0.4, 0.5) is 0 Å². The Kier molecular flexibility index (Phi) is 6.70. The summed E-state index contributed by atoms with van der Waals surface area (Å²) in [5.41, 5.74) is 0.639. The van der Waals surface area contributed by atoms with Crippen molar-refractivity contribution in [3.63, 3.8) is 0 Å². The SMILES string of the molecule is CCCCC[C@H](C)NC(=O)c1ccc(C(=O)OC)cn1. The Morgan fingerprint density at radius 2 is 2.10 bits per heavy atom. The highest BCUT2D eigenvalue weighted by Gasteiger charge is 2.12. The predicted octanol–water partition coefficient (Wildman–Crippen LogP) is 2.57. The fraction of sp³-hybridized carbons (Fsp3) is 0.533. The van der Waals surface area contributed by atoms with Crippen molar-refractivity contribution < 1.29 is 14.3 Å². The summed E-state index contributed by atoms with van der Waals surface area (Å²) in [7, 11) is 1.31. The van der Waals surface area contributed by atoms with Gasteiger partial charge in [-0.15, -0.1) is 0 Å². The Hall–Kier alpha value is -1.91. The fourth-order valence-corrected chi connectivity index (χ4v) is 1.84. The third-order valence-corrected chi connectivity index (χ3v) is 3.04. The first kappa shape index (κ1) is 16.1. The number of hydrogen-bond acceptors (Lipinski definition) is 4. The summed E-state index contributed by atoms with van der Waals surface area (Å²) >= 11 is 0. The smallest absolute Gasteiger partial charge is 0.339 e. The van der Waals surface area contributed by atoms with Gasteiger partial charge < -0.3 is 10.1 Å². The molecular weight excluding hydrogens is 256 g/mol. The van der Waals surface area contributed by atoms with Crippen LogP contribution in [0.3, 0.4) is 0 Å². The molecule has 0 aliphatic heterocycles. The molecule has 110 valence electrons. The van der Waals surface area contributed by atoms with E-state index in [-0.39, 0.29) is 11.9 Å². The number of amides is 1. The molecule has 5 heteroatoms. The number of methoxy groups -OCH3 is 1. The molecule has 0 unspecified atom stereocenters. The van der Waals surface area contributed by atoms with Crippen molar-refractivity contribution >= 4 is 11.9 Å². The molecule has 0 spiro atoms. The summed E-state index contributed by atoms with van der Waals surface area (Å²) in [5, 5.41) is 2.90. The molecule has 1 heterocycles. The van der Waals surface area contributed by atoms with E-state index in [4.69, 9.17) is 0 Å². The van der Waals surface area contributed by atoms with Crippen LogP contribution < -0.4 is 5.32 Å². The van der Waals surface area contributed by atoms with Crippen molar-refractivity contribution in [1.82, 2.24) is 10.3 Å². The van der Waals surface area contributed by atoms with E-state index in [9.17, 15) is 9.59 Å². The number of carbonyl (C=O) groups is 2. The van der Waals surface area contributed by atoms with Gasteiger partial charge >= 0.3 is 5.97 Å². The molecule has 0 aliphatic rings. The first-order valence-electron chi connectivity index (χ1n) is 6.93. The molecule has 1 N–H and O–H groups in total. The van der Waals surface area contributed by atoms with Crippen LogP contribution >= 0.6 is 0 Å². The van der Waals surface area contributed by atoms with Crippen molar-refractivity contribution in [2.24, 2.45) is 0 Å². The van der Waals surface area contributed by atoms with Gasteiger partial charge in [0, 0.05) is 12.2 Å². The van der Waals surface area contributed by atoms with Gasteiger partial charge in [-0.25, -0.2) is 4.79 Å². The van der Waals surface area contributed by atoms with E-state index >= 15 is 0 Å². The highest BCUT2D eigenvalue weighted by atomic mass is 16.5. The Labute approximate surface area is 119 Å². The first-order valence-corrected chi connectivity index (χ1v) is 6.93. The summed E-state index contributed by atoms with van der Waals surface area (Å²) in [6, 6.07) is 3.19. The second kappa shape index (κ2) is 8.30. The average Bonchev–Trinajstić information content (AvgIpc) is 2.46. The summed E-state index contributed by atoms with van der Waals surface area (Å²) < 4.78 is 4.58. The zero-order valence-corrected chi connectivity index (χ0v) is 12.3. The molecule has 1 aromatic rings. The van der Waals surface area contributed by atoms with Crippen molar-refractivity contribution in [1.29, 1.82) is 0 Å². The third-order valence-electron chi connectivity index (χ3n) is 3.04. The van der Waals surface area contributed by atoms with Crippen molar-refractivity contribution in [2.75, 3.05) is 7.11 Å². The van der Waals surface area contributed by atoms with Crippen molar-refractivity contribution in [3.05, 3.63) is 29.6 Å². The topological polar surface area (TPSA) is 68.3 Å². The number of hydrogen-bond donors (Lipinski definition) is 1. The van der Waals surface area contributed by atoms with Gasteiger partial charge in [0.15, 0.2) is 0 Å².